The van der Waals surface area contributed by atoms with E-state index in [1.807, 2.05) is 73.7 Å². The highest BCUT2D eigenvalue weighted by molar-refractivity contribution is 6.00. The number of carbonyl (C=O) groups excluding carboxylic acids is 1. The van der Waals surface area contributed by atoms with E-state index in [0.717, 1.165) is 16.8 Å². The minimum atomic E-state index is -0.206. The summed E-state index contributed by atoms with van der Waals surface area (Å²) in [5, 5.41) is 7.79. The minimum absolute atomic E-state index is 0.175. The van der Waals surface area contributed by atoms with Crippen LogP contribution in [0.25, 0.3) is 16.9 Å². The van der Waals surface area contributed by atoms with Crippen molar-refractivity contribution in [3.8, 4) is 22.7 Å². The summed E-state index contributed by atoms with van der Waals surface area (Å²) in [5.74, 6) is 0.453. The summed E-state index contributed by atoms with van der Waals surface area (Å²) >= 11 is 0. The van der Waals surface area contributed by atoms with Gasteiger partial charge in [0.25, 0.3) is 5.91 Å². The largest absolute Gasteiger partial charge is 0.496 e. The van der Waals surface area contributed by atoms with E-state index in [4.69, 9.17) is 9.84 Å². The van der Waals surface area contributed by atoms with Crippen LogP contribution in [0.1, 0.15) is 28.9 Å². The Bertz CT molecular complexity index is 1140. The zero-order valence-corrected chi connectivity index (χ0v) is 16.8. The van der Waals surface area contributed by atoms with Crippen LogP contribution >= 0.6 is 0 Å². The van der Waals surface area contributed by atoms with E-state index in [1.54, 1.807) is 30.4 Å². The lowest BCUT2D eigenvalue weighted by molar-refractivity contribution is 0.0940. The number of methoxy groups -OCH3 is 1. The summed E-state index contributed by atoms with van der Waals surface area (Å²) < 4.78 is 7.23. The molecule has 0 fully saturated rings. The highest BCUT2D eigenvalue weighted by Gasteiger charge is 2.22. The third-order valence-corrected chi connectivity index (χ3v) is 4.90. The van der Waals surface area contributed by atoms with Crippen molar-refractivity contribution in [1.82, 2.24) is 20.1 Å². The van der Waals surface area contributed by atoms with Crippen molar-refractivity contribution >= 4 is 5.91 Å². The number of rotatable bonds is 6. The molecule has 4 aromatic rings. The highest BCUT2D eigenvalue weighted by atomic mass is 16.5. The number of benzene rings is 2. The van der Waals surface area contributed by atoms with Gasteiger partial charge in [0, 0.05) is 24.2 Å². The maximum atomic E-state index is 13.2. The van der Waals surface area contributed by atoms with Gasteiger partial charge in [-0.25, -0.2) is 4.68 Å². The summed E-state index contributed by atoms with van der Waals surface area (Å²) in [6, 6.07) is 20.9. The van der Waals surface area contributed by atoms with Crippen molar-refractivity contribution < 1.29 is 9.53 Å². The minimum Gasteiger partial charge on any atom is -0.496 e. The molecule has 2 aromatic heterocycles. The number of nitrogens with one attached hydrogen (secondary N) is 1. The van der Waals surface area contributed by atoms with E-state index in [1.165, 1.54) is 0 Å². The molecule has 2 aromatic carbocycles. The molecule has 6 heteroatoms. The smallest absolute Gasteiger partial charge is 0.255 e. The van der Waals surface area contributed by atoms with Gasteiger partial charge in [-0.15, -0.1) is 0 Å². The molecule has 1 atom stereocenters. The first-order chi connectivity index (χ1) is 14.7. The van der Waals surface area contributed by atoms with Crippen LogP contribution in [0.2, 0.25) is 0 Å². The summed E-state index contributed by atoms with van der Waals surface area (Å²) in [5.41, 5.74) is 3.65. The topological polar surface area (TPSA) is 69.0 Å². The molecule has 1 amide bonds. The van der Waals surface area contributed by atoms with Gasteiger partial charge in [-0.1, -0.05) is 30.3 Å². The first-order valence-electron chi connectivity index (χ1n) is 9.66. The van der Waals surface area contributed by atoms with Crippen LogP contribution in [-0.4, -0.2) is 27.8 Å². The predicted octanol–water partition coefficient (Wildman–Crippen LogP) is 4.43. The van der Waals surface area contributed by atoms with Crippen molar-refractivity contribution in [3.05, 3.63) is 96.4 Å². The van der Waals surface area contributed by atoms with Crippen LogP contribution in [-0.2, 0) is 0 Å². The number of hydrogen-bond donors (Lipinski definition) is 1. The monoisotopic (exact) mass is 398 g/mol. The van der Waals surface area contributed by atoms with Crippen LogP contribution in [0.15, 0.2) is 85.3 Å². The molecule has 0 radical (unpaired) electrons. The van der Waals surface area contributed by atoms with Gasteiger partial charge in [-0.3, -0.25) is 9.78 Å². The summed E-state index contributed by atoms with van der Waals surface area (Å²) in [6.07, 6.45) is 5.18. The second-order valence-corrected chi connectivity index (χ2v) is 6.85. The Labute approximate surface area is 175 Å². The zero-order valence-electron chi connectivity index (χ0n) is 16.8. The maximum absolute atomic E-state index is 13.2. The highest BCUT2D eigenvalue weighted by Crippen LogP contribution is 2.32. The lowest BCUT2D eigenvalue weighted by atomic mass is 10.1. The van der Waals surface area contributed by atoms with Crippen LogP contribution in [0.5, 0.6) is 5.75 Å². The predicted molar refractivity (Wildman–Crippen MR) is 116 cm³/mol. The molecule has 0 aliphatic carbocycles. The molecule has 4 rings (SSSR count). The number of aromatic nitrogens is 3. The van der Waals surface area contributed by atoms with Crippen molar-refractivity contribution in [3.63, 3.8) is 0 Å². The third-order valence-electron chi connectivity index (χ3n) is 4.90. The van der Waals surface area contributed by atoms with E-state index in [-0.39, 0.29) is 11.9 Å². The van der Waals surface area contributed by atoms with Crippen molar-refractivity contribution in [2.24, 2.45) is 0 Å². The van der Waals surface area contributed by atoms with Crippen molar-refractivity contribution in [2.45, 2.75) is 13.0 Å². The fourth-order valence-electron chi connectivity index (χ4n) is 3.30. The molecule has 0 aliphatic heterocycles. The molecule has 0 aliphatic rings. The number of pyridine rings is 1. The molecule has 0 bridgehead atoms. The molecular weight excluding hydrogens is 376 g/mol. The molecule has 0 saturated heterocycles. The van der Waals surface area contributed by atoms with Crippen LogP contribution < -0.4 is 10.1 Å². The second-order valence-electron chi connectivity index (χ2n) is 6.85. The summed E-state index contributed by atoms with van der Waals surface area (Å²) in [7, 11) is 1.61. The standard InChI is InChI=1S/C24H22N4O2/c1-17(18-12-14-25-15-13-18)26-24(29)21-16-28(19-8-4-3-5-9-19)27-23(21)20-10-6-7-11-22(20)30-2/h3-17H,1-2H3,(H,26,29). The van der Waals surface area contributed by atoms with E-state index in [0.29, 0.717) is 17.0 Å². The van der Waals surface area contributed by atoms with Crippen molar-refractivity contribution in [2.75, 3.05) is 7.11 Å². The van der Waals surface area contributed by atoms with E-state index < -0.39 is 0 Å². The van der Waals surface area contributed by atoms with Gasteiger partial charge in [0.15, 0.2) is 0 Å². The quantitative estimate of drug-likeness (QED) is 0.522. The normalized spacial score (nSPS) is 11.7. The second kappa shape index (κ2) is 8.61. The molecule has 6 nitrogen and oxygen atoms in total. The Morgan fingerprint density at radius 3 is 2.43 bits per heavy atom. The van der Waals surface area contributed by atoms with Gasteiger partial charge in [0.05, 0.1) is 24.4 Å². The SMILES string of the molecule is COc1ccccc1-c1nn(-c2ccccc2)cc1C(=O)NC(C)c1ccncc1. The summed E-state index contributed by atoms with van der Waals surface area (Å²) in [4.78, 5) is 17.3. The summed E-state index contributed by atoms with van der Waals surface area (Å²) in [6.45, 7) is 1.94. The molecule has 0 spiro atoms. The molecule has 150 valence electrons. The third kappa shape index (κ3) is 3.93. The van der Waals surface area contributed by atoms with Crippen LogP contribution in [0.4, 0.5) is 0 Å². The van der Waals surface area contributed by atoms with Gasteiger partial charge in [0.1, 0.15) is 11.4 Å². The van der Waals surface area contributed by atoms with E-state index in [9.17, 15) is 4.79 Å². The Hall–Kier alpha value is -3.93. The molecule has 1 N–H and O–H groups in total. The number of amides is 1. The number of nitrogens with zero attached hydrogens (tertiary/aromatic N) is 3. The van der Waals surface area contributed by atoms with Gasteiger partial charge >= 0.3 is 0 Å². The molecular formula is C24H22N4O2. The number of hydrogen-bond acceptors (Lipinski definition) is 4. The fraction of sp³-hybridized carbons (Fsp3) is 0.125. The lowest BCUT2D eigenvalue weighted by Crippen LogP contribution is -2.26. The number of para-hydroxylation sites is 2. The molecule has 30 heavy (non-hydrogen) atoms. The first-order valence-corrected chi connectivity index (χ1v) is 9.66. The van der Waals surface area contributed by atoms with Crippen LogP contribution in [0.3, 0.4) is 0 Å². The molecule has 0 saturated carbocycles. The number of carbonyl (C=O) groups is 1. The van der Waals surface area contributed by atoms with E-state index in [2.05, 4.69) is 10.3 Å². The Morgan fingerprint density at radius 2 is 1.70 bits per heavy atom. The zero-order chi connectivity index (χ0) is 20.9. The van der Waals surface area contributed by atoms with E-state index >= 15 is 0 Å². The fourth-order valence-corrected chi connectivity index (χ4v) is 3.30. The Balaban J connectivity index is 1.75. The Morgan fingerprint density at radius 1 is 1.00 bits per heavy atom. The molecule has 2 heterocycles. The average molecular weight is 398 g/mol. The number of ether oxygens (including phenoxy) is 1. The van der Waals surface area contributed by atoms with Gasteiger partial charge in [0.2, 0.25) is 0 Å². The first kappa shape index (κ1) is 19.4. The van der Waals surface area contributed by atoms with Gasteiger partial charge < -0.3 is 10.1 Å². The molecule has 1 unspecified atom stereocenters. The average Bonchev–Trinajstić information content (AvgIpc) is 3.25. The van der Waals surface area contributed by atoms with Crippen molar-refractivity contribution in [1.29, 1.82) is 0 Å². The maximum Gasteiger partial charge on any atom is 0.255 e. The van der Waals surface area contributed by atoms with Gasteiger partial charge in [-0.05, 0) is 48.9 Å². The lowest BCUT2D eigenvalue weighted by Gasteiger charge is -2.14. The van der Waals surface area contributed by atoms with Gasteiger partial charge in [-0.2, -0.15) is 5.10 Å². The van der Waals surface area contributed by atoms with Crippen LogP contribution in [0, 0.1) is 0 Å². The Kier molecular flexibility index (Phi) is 5.57.